The minimum Gasteiger partial charge on any atom is -0.478 e. The lowest BCUT2D eigenvalue weighted by atomic mass is 10.1. The van der Waals surface area contributed by atoms with Crippen LogP contribution in [0.4, 0.5) is 10.1 Å². The van der Waals surface area contributed by atoms with E-state index in [9.17, 15) is 9.18 Å². The third kappa shape index (κ3) is 3.68. The smallest absolute Gasteiger partial charge is 0.328 e. The first kappa shape index (κ1) is 14.8. The summed E-state index contributed by atoms with van der Waals surface area (Å²) in [5.41, 5.74) is 0.939. The van der Waals surface area contributed by atoms with Crippen molar-refractivity contribution < 1.29 is 14.3 Å². The summed E-state index contributed by atoms with van der Waals surface area (Å²) >= 11 is 0. The number of nitrogens with zero attached hydrogens (tertiary/aromatic N) is 3. The summed E-state index contributed by atoms with van der Waals surface area (Å²) in [7, 11) is 3.66. The fraction of sp³-hybridized carbons (Fsp3) is 0.200. The molecule has 110 valence electrons. The van der Waals surface area contributed by atoms with Gasteiger partial charge in [0.25, 0.3) is 0 Å². The molecule has 0 unspecified atom stereocenters. The fourth-order valence-electron chi connectivity index (χ4n) is 1.95. The van der Waals surface area contributed by atoms with E-state index in [1.807, 2.05) is 17.8 Å². The molecule has 1 aromatic heterocycles. The van der Waals surface area contributed by atoms with Crippen LogP contribution >= 0.6 is 0 Å². The number of hydrogen-bond donors (Lipinski definition) is 1. The van der Waals surface area contributed by atoms with E-state index < -0.39 is 11.8 Å². The molecule has 6 heteroatoms. The molecule has 0 atom stereocenters. The van der Waals surface area contributed by atoms with E-state index in [4.69, 9.17) is 5.11 Å². The number of aromatic nitrogens is 2. The van der Waals surface area contributed by atoms with Gasteiger partial charge in [0.15, 0.2) is 0 Å². The first-order valence-electron chi connectivity index (χ1n) is 6.35. The van der Waals surface area contributed by atoms with Gasteiger partial charge < -0.3 is 14.6 Å². The van der Waals surface area contributed by atoms with Crippen LogP contribution in [-0.2, 0) is 18.4 Å². The number of anilines is 1. The maximum Gasteiger partial charge on any atom is 0.328 e. The molecule has 0 spiro atoms. The van der Waals surface area contributed by atoms with Crippen molar-refractivity contribution in [3.05, 3.63) is 53.9 Å². The molecule has 0 bridgehead atoms. The molecule has 0 saturated carbocycles. The zero-order valence-corrected chi connectivity index (χ0v) is 11.8. The van der Waals surface area contributed by atoms with Crippen LogP contribution in [0.3, 0.4) is 0 Å². The zero-order chi connectivity index (χ0) is 15.4. The summed E-state index contributed by atoms with van der Waals surface area (Å²) < 4.78 is 16.0. The Morgan fingerprint density at radius 1 is 1.52 bits per heavy atom. The number of carboxylic acid groups (broad SMARTS) is 1. The molecule has 2 rings (SSSR count). The Bertz CT molecular complexity index is 679. The summed E-state index contributed by atoms with van der Waals surface area (Å²) in [5.74, 6) is -0.641. The summed E-state index contributed by atoms with van der Waals surface area (Å²) in [6, 6.07) is 4.61. The van der Waals surface area contributed by atoms with Crippen LogP contribution < -0.4 is 4.90 Å². The minimum absolute atomic E-state index is 0.403. The second-order valence-electron chi connectivity index (χ2n) is 4.69. The summed E-state index contributed by atoms with van der Waals surface area (Å²) in [6.07, 6.45) is 5.86. The molecular weight excluding hydrogens is 273 g/mol. The molecular formula is C15H16FN3O2. The van der Waals surface area contributed by atoms with Crippen LogP contribution in [0.25, 0.3) is 6.08 Å². The Labute approximate surface area is 122 Å². The van der Waals surface area contributed by atoms with Gasteiger partial charge >= 0.3 is 5.97 Å². The molecule has 5 nitrogen and oxygen atoms in total. The largest absolute Gasteiger partial charge is 0.478 e. The molecule has 0 fully saturated rings. The minimum atomic E-state index is -1.06. The van der Waals surface area contributed by atoms with Crippen molar-refractivity contribution in [1.82, 2.24) is 9.55 Å². The van der Waals surface area contributed by atoms with Gasteiger partial charge in [-0.1, -0.05) is 6.07 Å². The standard InChI is InChI=1S/C15H16FN3O2/c1-18-8-7-17-14(18)10-19(2)13-5-3-11(9-12(13)16)4-6-15(20)21/h3-9H,10H2,1-2H3,(H,20,21). The Morgan fingerprint density at radius 3 is 2.86 bits per heavy atom. The van der Waals surface area contributed by atoms with E-state index in [1.165, 1.54) is 12.1 Å². The number of benzene rings is 1. The lowest BCUT2D eigenvalue weighted by molar-refractivity contribution is -0.131. The van der Waals surface area contributed by atoms with Crippen LogP contribution in [0, 0.1) is 5.82 Å². The van der Waals surface area contributed by atoms with Crippen molar-refractivity contribution in [2.75, 3.05) is 11.9 Å². The number of aliphatic carboxylic acids is 1. The Morgan fingerprint density at radius 2 is 2.29 bits per heavy atom. The first-order chi connectivity index (χ1) is 9.97. The Balaban J connectivity index is 2.16. The van der Waals surface area contributed by atoms with Crippen molar-refractivity contribution in [3.8, 4) is 0 Å². The first-order valence-corrected chi connectivity index (χ1v) is 6.35. The quantitative estimate of drug-likeness (QED) is 0.858. The lowest BCUT2D eigenvalue weighted by Gasteiger charge is -2.19. The maximum atomic E-state index is 14.1. The van der Waals surface area contributed by atoms with Gasteiger partial charge in [0.1, 0.15) is 11.6 Å². The highest BCUT2D eigenvalue weighted by molar-refractivity contribution is 5.85. The molecule has 2 aromatic rings. The van der Waals surface area contributed by atoms with Gasteiger partial charge in [0.2, 0.25) is 0 Å². The molecule has 21 heavy (non-hydrogen) atoms. The highest BCUT2D eigenvalue weighted by Gasteiger charge is 2.10. The van der Waals surface area contributed by atoms with Gasteiger partial charge in [-0.2, -0.15) is 0 Å². The van der Waals surface area contributed by atoms with Gasteiger partial charge in [-0.25, -0.2) is 14.2 Å². The highest BCUT2D eigenvalue weighted by Crippen LogP contribution is 2.21. The monoisotopic (exact) mass is 289 g/mol. The fourth-order valence-corrected chi connectivity index (χ4v) is 1.95. The predicted octanol–water partition coefficient (Wildman–Crippen LogP) is 2.29. The van der Waals surface area contributed by atoms with Gasteiger partial charge in [-0.05, 0) is 23.8 Å². The van der Waals surface area contributed by atoms with Gasteiger partial charge in [-0.15, -0.1) is 0 Å². The van der Waals surface area contributed by atoms with Gasteiger partial charge in [0.05, 0.1) is 12.2 Å². The third-order valence-corrected chi connectivity index (χ3v) is 3.10. The van der Waals surface area contributed by atoms with Gasteiger partial charge in [-0.3, -0.25) is 0 Å². The molecule has 0 radical (unpaired) electrons. The van der Waals surface area contributed by atoms with E-state index in [1.54, 1.807) is 30.3 Å². The summed E-state index contributed by atoms with van der Waals surface area (Å²) in [4.78, 5) is 16.4. The van der Waals surface area contributed by atoms with Crippen molar-refractivity contribution in [2.24, 2.45) is 7.05 Å². The maximum absolute atomic E-state index is 14.1. The number of rotatable bonds is 5. The number of carboxylic acids is 1. The molecule has 1 aromatic carbocycles. The van der Waals surface area contributed by atoms with Crippen LogP contribution in [0.5, 0.6) is 0 Å². The van der Waals surface area contributed by atoms with Crippen molar-refractivity contribution in [2.45, 2.75) is 6.54 Å². The lowest BCUT2D eigenvalue weighted by Crippen LogP contribution is -2.20. The van der Waals surface area contributed by atoms with Gasteiger partial charge in [0, 0.05) is 32.6 Å². The van der Waals surface area contributed by atoms with Crippen molar-refractivity contribution in [1.29, 1.82) is 0 Å². The molecule has 0 amide bonds. The highest BCUT2D eigenvalue weighted by atomic mass is 19.1. The Hall–Kier alpha value is -2.63. The van der Waals surface area contributed by atoms with Crippen LogP contribution in [0.1, 0.15) is 11.4 Å². The number of imidazole rings is 1. The van der Waals surface area contributed by atoms with Crippen LogP contribution in [0.2, 0.25) is 0 Å². The molecule has 0 saturated heterocycles. The summed E-state index contributed by atoms with van der Waals surface area (Å²) in [5, 5.41) is 8.56. The summed E-state index contributed by atoms with van der Waals surface area (Å²) in [6.45, 7) is 0.477. The second-order valence-corrected chi connectivity index (χ2v) is 4.69. The molecule has 1 N–H and O–H groups in total. The number of carbonyl (C=O) groups is 1. The molecule has 0 aliphatic heterocycles. The number of hydrogen-bond acceptors (Lipinski definition) is 3. The van der Waals surface area contributed by atoms with Crippen molar-refractivity contribution in [3.63, 3.8) is 0 Å². The second kappa shape index (κ2) is 6.21. The molecule has 1 heterocycles. The van der Waals surface area contributed by atoms with Crippen LogP contribution in [-0.4, -0.2) is 27.7 Å². The zero-order valence-electron chi connectivity index (χ0n) is 11.8. The van der Waals surface area contributed by atoms with E-state index >= 15 is 0 Å². The number of aryl methyl sites for hydroxylation is 1. The average Bonchev–Trinajstić information content (AvgIpc) is 2.82. The van der Waals surface area contributed by atoms with Crippen LogP contribution in [0.15, 0.2) is 36.7 Å². The number of halogens is 1. The molecule has 0 aliphatic carbocycles. The SMILES string of the molecule is CN(Cc1nccn1C)c1ccc(C=CC(=O)O)cc1F. The predicted molar refractivity (Wildman–Crippen MR) is 78.4 cm³/mol. The van der Waals surface area contributed by atoms with E-state index in [0.717, 1.165) is 11.9 Å². The van der Waals surface area contributed by atoms with E-state index in [0.29, 0.717) is 17.8 Å². The average molecular weight is 289 g/mol. The molecule has 0 aliphatic rings. The topological polar surface area (TPSA) is 58.4 Å². The van der Waals surface area contributed by atoms with E-state index in [-0.39, 0.29) is 0 Å². The Kier molecular flexibility index (Phi) is 4.37. The van der Waals surface area contributed by atoms with E-state index in [2.05, 4.69) is 4.98 Å². The normalized spacial score (nSPS) is 11.0. The third-order valence-electron chi connectivity index (χ3n) is 3.10. The van der Waals surface area contributed by atoms with Crippen molar-refractivity contribution >= 4 is 17.7 Å².